The van der Waals surface area contributed by atoms with E-state index in [1.54, 1.807) is 12.1 Å². The number of nitrogens with two attached hydrogens (primary N) is 1. The van der Waals surface area contributed by atoms with Crippen LogP contribution in [0.15, 0.2) is 12.1 Å². The van der Waals surface area contributed by atoms with Crippen molar-refractivity contribution in [2.75, 3.05) is 12.3 Å². The third-order valence-corrected chi connectivity index (χ3v) is 5.65. The van der Waals surface area contributed by atoms with Gasteiger partial charge in [0.2, 0.25) is 0 Å². The standard InChI is InChI=1S/C16H19F3N2O2/c1-8-12-6-9-5-11(20)13(22)7-10(9)15(8,2)3-4-21(12)14(23)16(17,18)19/h5,7-8,12,22H,3-4,6,20H2,1-2H3/t8-,12-,15-/m1/s1. The third kappa shape index (κ3) is 2.24. The van der Waals surface area contributed by atoms with Gasteiger partial charge < -0.3 is 15.7 Å². The van der Waals surface area contributed by atoms with Crippen LogP contribution in [0.25, 0.3) is 0 Å². The average molecular weight is 328 g/mol. The number of benzene rings is 1. The molecule has 23 heavy (non-hydrogen) atoms. The van der Waals surface area contributed by atoms with Gasteiger partial charge in [0.25, 0.3) is 0 Å². The van der Waals surface area contributed by atoms with E-state index in [2.05, 4.69) is 0 Å². The quantitative estimate of drug-likeness (QED) is 0.568. The summed E-state index contributed by atoms with van der Waals surface area (Å²) in [4.78, 5) is 12.7. The highest BCUT2D eigenvalue weighted by Crippen LogP contribution is 2.50. The highest BCUT2D eigenvalue weighted by molar-refractivity contribution is 5.82. The number of piperidine rings is 1. The number of rotatable bonds is 0. The number of nitrogens with zero attached hydrogens (tertiary/aromatic N) is 1. The predicted molar refractivity (Wildman–Crippen MR) is 78.9 cm³/mol. The second-order valence-electron chi connectivity index (χ2n) is 6.79. The molecule has 3 rings (SSSR count). The van der Waals surface area contributed by atoms with E-state index >= 15 is 0 Å². The number of amides is 1. The van der Waals surface area contributed by atoms with Crippen LogP contribution in [0.3, 0.4) is 0 Å². The number of fused-ring (bicyclic) bond motifs is 4. The van der Waals surface area contributed by atoms with Crippen molar-refractivity contribution >= 4 is 11.6 Å². The SMILES string of the molecule is C[C@@H]1[C@H]2Cc3cc(N)c(O)cc3[C@]1(C)CCN2C(=O)C(F)(F)F. The van der Waals surface area contributed by atoms with Crippen LogP contribution in [0.2, 0.25) is 0 Å². The average Bonchev–Trinajstić information content (AvgIpc) is 2.44. The van der Waals surface area contributed by atoms with Crippen molar-refractivity contribution in [1.82, 2.24) is 4.90 Å². The Bertz CT molecular complexity index is 674. The van der Waals surface area contributed by atoms with Gasteiger partial charge >= 0.3 is 12.1 Å². The van der Waals surface area contributed by atoms with Crippen LogP contribution < -0.4 is 5.73 Å². The van der Waals surface area contributed by atoms with Crippen molar-refractivity contribution in [1.29, 1.82) is 0 Å². The number of anilines is 1. The molecule has 1 aromatic rings. The molecule has 4 nitrogen and oxygen atoms in total. The zero-order valence-corrected chi connectivity index (χ0v) is 12.9. The Labute approximate surface area is 132 Å². The maximum atomic E-state index is 12.8. The first kappa shape index (κ1) is 16.0. The molecule has 1 amide bonds. The van der Waals surface area contributed by atoms with E-state index in [4.69, 9.17) is 5.73 Å². The molecule has 3 N–H and O–H groups in total. The summed E-state index contributed by atoms with van der Waals surface area (Å²) in [7, 11) is 0. The Balaban J connectivity index is 2.06. The molecule has 7 heteroatoms. The van der Waals surface area contributed by atoms with Gasteiger partial charge in [0.05, 0.1) is 5.69 Å². The van der Waals surface area contributed by atoms with Crippen molar-refractivity contribution in [2.24, 2.45) is 5.92 Å². The molecule has 1 fully saturated rings. The molecule has 1 aliphatic carbocycles. The molecule has 0 spiro atoms. The second kappa shape index (κ2) is 4.79. The molecule has 0 radical (unpaired) electrons. The van der Waals surface area contributed by atoms with Gasteiger partial charge in [-0.25, -0.2) is 0 Å². The van der Waals surface area contributed by atoms with Crippen LogP contribution in [0.4, 0.5) is 18.9 Å². The Hall–Kier alpha value is -1.92. The van der Waals surface area contributed by atoms with Crippen LogP contribution >= 0.6 is 0 Å². The first-order valence-corrected chi connectivity index (χ1v) is 7.55. The van der Waals surface area contributed by atoms with E-state index in [0.717, 1.165) is 16.0 Å². The summed E-state index contributed by atoms with van der Waals surface area (Å²) in [6, 6.07) is 2.72. The molecule has 1 aromatic carbocycles. The van der Waals surface area contributed by atoms with Crippen molar-refractivity contribution in [2.45, 2.75) is 44.3 Å². The molecule has 1 aliphatic heterocycles. The minimum Gasteiger partial charge on any atom is -0.506 e. The van der Waals surface area contributed by atoms with Gasteiger partial charge in [0.15, 0.2) is 0 Å². The maximum absolute atomic E-state index is 12.8. The number of phenolic OH excluding ortho intramolecular Hbond substituents is 1. The van der Waals surface area contributed by atoms with E-state index < -0.39 is 18.1 Å². The lowest BCUT2D eigenvalue weighted by atomic mass is 9.59. The number of carbonyl (C=O) groups is 1. The molecule has 0 unspecified atom stereocenters. The number of hydrogen-bond donors (Lipinski definition) is 2. The van der Waals surface area contributed by atoms with Gasteiger partial charge in [-0.15, -0.1) is 0 Å². The zero-order chi connectivity index (χ0) is 17.2. The van der Waals surface area contributed by atoms with Gasteiger partial charge in [-0.2, -0.15) is 13.2 Å². The fourth-order valence-corrected chi connectivity index (χ4v) is 4.10. The maximum Gasteiger partial charge on any atom is 0.471 e. The molecule has 2 bridgehead atoms. The van der Waals surface area contributed by atoms with Gasteiger partial charge in [-0.05, 0) is 47.4 Å². The highest BCUT2D eigenvalue weighted by atomic mass is 19.4. The monoisotopic (exact) mass is 328 g/mol. The molecule has 0 aromatic heterocycles. The summed E-state index contributed by atoms with van der Waals surface area (Å²) in [5, 5.41) is 9.88. The lowest BCUT2D eigenvalue weighted by Crippen LogP contribution is -2.61. The Morgan fingerprint density at radius 1 is 1.43 bits per heavy atom. The fourth-order valence-electron chi connectivity index (χ4n) is 4.10. The lowest BCUT2D eigenvalue weighted by Gasteiger charge is -2.54. The number of halogens is 3. The van der Waals surface area contributed by atoms with E-state index in [9.17, 15) is 23.1 Å². The molecular formula is C16H19F3N2O2. The largest absolute Gasteiger partial charge is 0.506 e. The summed E-state index contributed by atoms with van der Waals surface area (Å²) < 4.78 is 38.5. The van der Waals surface area contributed by atoms with Crippen LogP contribution in [0, 0.1) is 5.92 Å². The zero-order valence-electron chi connectivity index (χ0n) is 12.9. The highest BCUT2D eigenvalue weighted by Gasteiger charge is 2.54. The number of aromatic hydroxyl groups is 1. The number of hydrogen-bond acceptors (Lipinski definition) is 3. The minimum atomic E-state index is -4.86. The summed E-state index contributed by atoms with van der Waals surface area (Å²) >= 11 is 0. The van der Waals surface area contributed by atoms with Crippen LogP contribution in [0.5, 0.6) is 5.75 Å². The number of nitrogen functional groups attached to an aromatic ring is 1. The summed E-state index contributed by atoms with van der Waals surface area (Å²) in [5.74, 6) is -1.92. The number of likely N-dealkylation sites (tertiary alicyclic amines) is 1. The van der Waals surface area contributed by atoms with Crippen molar-refractivity contribution in [3.05, 3.63) is 23.3 Å². The molecule has 0 saturated carbocycles. The van der Waals surface area contributed by atoms with Crippen LogP contribution in [-0.2, 0) is 16.6 Å². The summed E-state index contributed by atoms with van der Waals surface area (Å²) in [5.41, 5.74) is 7.28. The number of alkyl halides is 3. The normalized spacial score (nSPS) is 30.0. The number of carbonyl (C=O) groups excluding carboxylic acids is 1. The van der Waals surface area contributed by atoms with Crippen molar-refractivity contribution in [3.8, 4) is 5.75 Å². The van der Waals surface area contributed by atoms with Gasteiger partial charge in [0, 0.05) is 12.6 Å². The van der Waals surface area contributed by atoms with Gasteiger partial charge in [-0.3, -0.25) is 4.79 Å². The van der Waals surface area contributed by atoms with Gasteiger partial charge in [0.1, 0.15) is 5.75 Å². The molecule has 126 valence electrons. The molecule has 2 aliphatic rings. The van der Waals surface area contributed by atoms with Gasteiger partial charge in [-0.1, -0.05) is 13.8 Å². The van der Waals surface area contributed by atoms with Crippen LogP contribution in [0.1, 0.15) is 31.4 Å². The van der Waals surface area contributed by atoms with Crippen molar-refractivity contribution < 1.29 is 23.1 Å². The van der Waals surface area contributed by atoms with Crippen LogP contribution in [-0.4, -0.2) is 34.7 Å². The third-order valence-electron chi connectivity index (χ3n) is 5.65. The molecule has 3 atom stereocenters. The topological polar surface area (TPSA) is 66.6 Å². The minimum absolute atomic E-state index is 0.00979. The molecular weight excluding hydrogens is 309 g/mol. The van der Waals surface area contributed by atoms with E-state index in [-0.39, 0.29) is 29.3 Å². The first-order valence-electron chi connectivity index (χ1n) is 7.55. The van der Waals surface area contributed by atoms with Crippen molar-refractivity contribution in [3.63, 3.8) is 0 Å². The Morgan fingerprint density at radius 3 is 2.70 bits per heavy atom. The Morgan fingerprint density at radius 2 is 2.09 bits per heavy atom. The lowest BCUT2D eigenvalue weighted by molar-refractivity contribution is -0.192. The Kier molecular flexibility index (Phi) is 3.32. The molecule has 1 heterocycles. The summed E-state index contributed by atoms with van der Waals surface area (Å²) in [6.07, 6.45) is -4.12. The second-order valence-corrected chi connectivity index (χ2v) is 6.79. The van der Waals surface area contributed by atoms with E-state index in [0.29, 0.717) is 12.8 Å². The predicted octanol–water partition coefficient (Wildman–Crippen LogP) is 2.59. The summed E-state index contributed by atoms with van der Waals surface area (Å²) in [6.45, 7) is 3.92. The van der Waals surface area contributed by atoms with E-state index in [1.807, 2.05) is 13.8 Å². The smallest absolute Gasteiger partial charge is 0.471 e. The fraction of sp³-hybridized carbons (Fsp3) is 0.562. The number of phenols is 1. The first-order chi connectivity index (χ1) is 10.6. The van der Waals surface area contributed by atoms with E-state index in [1.165, 1.54) is 0 Å². The molecule has 1 saturated heterocycles.